The van der Waals surface area contributed by atoms with E-state index < -0.39 is 5.97 Å². The molecule has 6 rings (SSSR count). The van der Waals surface area contributed by atoms with Crippen LogP contribution in [-0.2, 0) is 6.61 Å². The second-order valence-electron chi connectivity index (χ2n) is 14.2. The number of carbonyl (C=O) groups is 1. The van der Waals surface area contributed by atoms with Crippen LogP contribution in [0.5, 0.6) is 28.7 Å². The molecule has 0 amide bonds. The van der Waals surface area contributed by atoms with Crippen molar-refractivity contribution < 1.29 is 33.6 Å². The molecule has 0 radical (unpaired) electrons. The Kier molecular flexibility index (Phi) is 14.7. The normalized spacial score (nSPS) is 16.8. The van der Waals surface area contributed by atoms with E-state index in [0.29, 0.717) is 43.7 Å². The minimum Gasteiger partial charge on any atom is -0.493 e. The average Bonchev–Trinajstić information content (AvgIpc) is 3.17. The Bertz CT molecular complexity index is 1690. The molecule has 2 aliphatic heterocycles. The Hall–Kier alpha value is -4.72. The van der Waals surface area contributed by atoms with Crippen molar-refractivity contribution >= 4 is 5.97 Å². The molecular weight excluding hydrogens is 666 g/mol. The van der Waals surface area contributed by atoms with Crippen molar-refractivity contribution in [3.63, 3.8) is 0 Å². The molecule has 8 nitrogen and oxygen atoms in total. The molecule has 3 aromatic carbocycles. The van der Waals surface area contributed by atoms with Crippen LogP contribution in [0.1, 0.15) is 119 Å². The van der Waals surface area contributed by atoms with Gasteiger partial charge in [0.05, 0.1) is 54.5 Å². The summed E-state index contributed by atoms with van der Waals surface area (Å²) in [5.41, 5.74) is 4.23. The molecule has 0 spiro atoms. The Morgan fingerprint density at radius 1 is 0.528 bits per heavy atom. The molecule has 1 aromatic heterocycles. The molecule has 0 unspecified atom stereocenters. The number of rotatable bonds is 4. The number of aromatic nitrogens is 1. The van der Waals surface area contributed by atoms with E-state index >= 15 is 0 Å². The first-order chi connectivity index (χ1) is 26.2. The van der Waals surface area contributed by atoms with Crippen LogP contribution in [0.25, 0.3) is 22.5 Å². The van der Waals surface area contributed by atoms with Crippen LogP contribution < -0.4 is 23.7 Å². The van der Waals surface area contributed by atoms with Crippen molar-refractivity contribution in [2.24, 2.45) is 0 Å². The van der Waals surface area contributed by atoms with E-state index in [2.05, 4.69) is 0 Å². The summed E-state index contributed by atoms with van der Waals surface area (Å²) in [5, 5.41) is 9.51. The topological polar surface area (TPSA) is 96.3 Å². The van der Waals surface area contributed by atoms with E-state index in [-0.39, 0.29) is 12.2 Å². The summed E-state index contributed by atoms with van der Waals surface area (Å²) in [7, 11) is 0. The van der Waals surface area contributed by atoms with E-state index in [1.54, 1.807) is 24.3 Å². The number of pyridine rings is 1. The summed E-state index contributed by atoms with van der Waals surface area (Å²) in [6.07, 6.45) is 18.1. The minimum atomic E-state index is -0.991. The highest BCUT2D eigenvalue weighted by atomic mass is 16.5. The molecule has 3 heterocycles. The van der Waals surface area contributed by atoms with Crippen molar-refractivity contribution in [3.05, 3.63) is 83.9 Å². The second-order valence-corrected chi connectivity index (χ2v) is 14.2. The third kappa shape index (κ3) is 11.4. The predicted molar refractivity (Wildman–Crippen MR) is 209 cm³/mol. The first kappa shape index (κ1) is 38.0. The van der Waals surface area contributed by atoms with E-state index in [1.165, 1.54) is 51.4 Å². The Labute approximate surface area is 314 Å². The molecule has 0 fully saturated rings. The summed E-state index contributed by atoms with van der Waals surface area (Å²) in [6.45, 7) is 2.67. The molecule has 53 heavy (non-hydrogen) atoms. The zero-order valence-electron chi connectivity index (χ0n) is 31.1. The quantitative estimate of drug-likeness (QED) is 0.222. The first-order valence-electron chi connectivity index (χ1n) is 19.9. The van der Waals surface area contributed by atoms with Gasteiger partial charge in [0.25, 0.3) is 0 Å². The van der Waals surface area contributed by atoms with Crippen LogP contribution in [0, 0.1) is 0 Å². The van der Waals surface area contributed by atoms with Gasteiger partial charge in [0.1, 0.15) is 35.4 Å². The van der Waals surface area contributed by atoms with Crippen LogP contribution in [0.4, 0.5) is 0 Å². The van der Waals surface area contributed by atoms with Gasteiger partial charge in [-0.25, -0.2) is 9.78 Å². The molecule has 282 valence electrons. The maximum absolute atomic E-state index is 11.6. The lowest BCUT2D eigenvalue weighted by atomic mass is 10.0. The van der Waals surface area contributed by atoms with Gasteiger partial charge in [0, 0.05) is 0 Å². The monoisotopic (exact) mass is 721 g/mol. The fourth-order valence-corrected chi connectivity index (χ4v) is 7.07. The lowest BCUT2D eigenvalue weighted by Gasteiger charge is -2.20. The van der Waals surface area contributed by atoms with E-state index in [4.69, 9.17) is 28.7 Å². The fraction of sp³-hybridized carbons (Fsp3) is 0.467. The maximum atomic E-state index is 11.6. The second kappa shape index (κ2) is 20.5. The zero-order valence-corrected chi connectivity index (χ0v) is 31.1. The Morgan fingerprint density at radius 2 is 0.943 bits per heavy atom. The highest BCUT2D eigenvalue weighted by Gasteiger charge is 2.21. The van der Waals surface area contributed by atoms with Crippen molar-refractivity contribution in [2.75, 3.05) is 26.4 Å². The van der Waals surface area contributed by atoms with Gasteiger partial charge in [-0.1, -0.05) is 95.2 Å². The van der Waals surface area contributed by atoms with E-state index in [0.717, 1.165) is 90.9 Å². The van der Waals surface area contributed by atoms with Gasteiger partial charge in [0.15, 0.2) is 0 Å². The van der Waals surface area contributed by atoms with Crippen LogP contribution in [0.3, 0.4) is 0 Å². The molecule has 0 saturated carbocycles. The van der Waals surface area contributed by atoms with Gasteiger partial charge >= 0.3 is 5.97 Å². The number of nitrogens with zero attached hydrogens (tertiary/aromatic N) is 1. The average molecular weight is 722 g/mol. The molecule has 4 bridgehead atoms. The highest BCUT2D eigenvalue weighted by molar-refractivity contribution is 5.88. The summed E-state index contributed by atoms with van der Waals surface area (Å²) in [5.74, 6) is 2.44. The van der Waals surface area contributed by atoms with Gasteiger partial charge in [0.2, 0.25) is 0 Å². The number of benzene rings is 3. The summed E-state index contributed by atoms with van der Waals surface area (Å²) < 4.78 is 32.4. The molecule has 8 heteroatoms. The molecule has 1 N–H and O–H groups in total. The van der Waals surface area contributed by atoms with Crippen LogP contribution in [0.2, 0.25) is 0 Å². The number of hydrogen-bond donors (Lipinski definition) is 1. The Balaban J connectivity index is 1.42. The SMILES string of the molecule is O=C(O)c1cccc(OCc2cc3c4c(c2)OCCCCCCCCCCOc2cccc(c2-c2cccc-4n2)OCCCCCCCCCCO3)c1. The zero-order chi connectivity index (χ0) is 36.5. The first-order valence-corrected chi connectivity index (χ1v) is 19.9. The summed E-state index contributed by atoms with van der Waals surface area (Å²) in [6, 6.07) is 22.7. The molecule has 0 aliphatic carbocycles. The minimum absolute atomic E-state index is 0.181. The number of hydrogen-bond acceptors (Lipinski definition) is 7. The van der Waals surface area contributed by atoms with Gasteiger partial charge in [-0.3, -0.25) is 0 Å². The predicted octanol–water partition coefficient (Wildman–Crippen LogP) is 11.5. The lowest BCUT2D eigenvalue weighted by Crippen LogP contribution is -2.06. The number of carboxylic acids is 1. The lowest BCUT2D eigenvalue weighted by molar-refractivity contribution is 0.0696. The fourth-order valence-electron chi connectivity index (χ4n) is 7.07. The van der Waals surface area contributed by atoms with Crippen LogP contribution in [0.15, 0.2) is 72.8 Å². The Morgan fingerprint density at radius 3 is 1.43 bits per heavy atom. The van der Waals surface area contributed by atoms with Crippen molar-refractivity contribution in [1.82, 2.24) is 4.98 Å². The smallest absolute Gasteiger partial charge is 0.335 e. The summed E-state index contributed by atoms with van der Waals surface area (Å²) in [4.78, 5) is 16.9. The third-order valence-electron chi connectivity index (χ3n) is 9.97. The van der Waals surface area contributed by atoms with Crippen molar-refractivity contribution in [3.8, 4) is 51.3 Å². The molecular formula is C45H55NO7. The summed E-state index contributed by atoms with van der Waals surface area (Å²) >= 11 is 0. The molecule has 2 aliphatic rings. The largest absolute Gasteiger partial charge is 0.493 e. The molecule has 4 aromatic rings. The number of ether oxygens (including phenoxy) is 5. The maximum Gasteiger partial charge on any atom is 0.335 e. The van der Waals surface area contributed by atoms with Crippen molar-refractivity contribution in [1.29, 1.82) is 0 Å². The van der Waals surface area contributed by atoms with Gasteiger partial charge < -0.3 is 28.8 Å². The molecule has 0 saturated heterocycles. The van der Waals surface area contributed by atoms with Crippen LogP contribution in [-0.4, -0.2) is 42.5 Å². The van der Waals surface area contributed by atoms with Gasteiger partial charge in [-0.2, -0.15) is 0 Å². The number of carboxylic acid groups (broad SMARTS) is 1. The standard InChI is InChI=1S/C45H55NO7/c47-45(48)35-20-17-21-36(32-35)53-33-34-30-41-44-38-23-18-22-37(46-38)43-39(49-26-13-9-5-1-3-7-11-15-28-51-41)24-19-25-40(43)50-27-14-10-6-2-4-8-12-16-29-52-42(44)31-34/h17-25,30-32H,1-16,26-29,33H2,(H,47,48). The van der Waals surface area contributed by atoms with E-state index in [9.17, 15) is 9.90 Å². The van der Waals surface area contributed by atoms with Gasteiger partial charge in [-0.05, 0) is 85.8 Å². The van der Waals surface area contributed by atoms with E-state index in [1.807, 2.05) is 48.5 Å². The van der Waals surface area contributed by atoms with Crippen molar-refractivity contribution in [2.45, 2.75) is 109 Å². The van der Waals surface area contributed by atoms with Crippen LogP contribution >= 0.6 is 0 Å². The third-order valence-corrected chi connectivity index (χ3v) is 9.97. The molecule has 0 atom stereocenters. The highest BCUT2D eigenvalue weighted by Crippen LogP contribution is 2.43. The number of aromatic carboxylic acids is 1. The van der Waals surface area contributed by atoms with Gasteiger partial charge in [-0.15, -0.1) is 0 Å².